The summed E-state index contributed by atoms with van der Waals surface area (Å²) in [6, 6.07) is 4.80. The van der Waals surface area contributed by atoms with Crippen molar-refractivity contribution in [3.05, 3.63) is 24.5 Å². The Morgan fingerprint density at radius 1 is 1.31 bits per heavy atom. The normalized spacial score (nSPS) is 27.4. The standard InChI is InChI=1S/C11H17NO/c1-11(2)9-10(5-8-13-11)12-6-3-4-7-12/h3-4,6-7,10H,5,8-9H2,1-2H3. The molecule has 1 unspecified atom stereocenters. The number of nitrogens with zero attached hydrogens (tertiary/aromatic N) is 1. The number of hydrogen-bond acceptors (Lipinski definition) is 1. The van der Waals surface area contributed by atoms with Crippen molar-refractivity contribution in [1.29, 1.82) is 0 Å². The largest absolute Gasteiger partial charge is 0.375 e. The summed E-state index contributed by atoms with van der Waals surface area (Å²) in [4.78, 5) is 0. The highest BCUT2D eigenvalue weighted by Crippen LogP contribution is 2.31. The molecule has 1 fully saturated rings. The second-order valence-corrected chi connectivity index (χ2v) is 4.39. The molecular formula is C11H17NO. The van der Waals surface area contributed by atoms with Crippen molar-refractivity contribution in [2.24, 2.45) is 0 Å². The number of ether oxygens (including phenoxy) is 1. The van der Waals surface area contributed by atoms with Gasteiger partial charge in [0.15, 0.2) is 0 Å². The van der Waals surface area contributed by atoms with Crippen LogP contribution in [0.4, 0.5) is 0 Å². The molecule has 0 amide bonds. The first kappa shape index (κ1) is 8.82. The second kappa shape index (κ2) is 3.18. The molecule has 2 heteroatoms. The summed E-state index contributed by atoms with van der Waals surface area (Å²) >= 11 is 0. The zero-order valence-corrected chi connectivity index (χ0v) is 8.36. The van der Waals surface area contributed by atoms with E-state index < -0.39 is 0 Å². The Kier molecular flexibility index (Phi) is 2.16. The van der Waals surface area contributed by atoms with Crippen LogP contribution >= 0.6 is 0 Å². The van der Waals surface area contributed by atoms with Crippen LogP contribution in [0.25, 0.3) is 0 Å². The minimum atomic E-state index is 0.0488. The molecule has 1 aromatic heterocycles. The Labute approximate surface area is 79.5 Å². The van der Waals surface area contributed by atoms with E-state index in [9.17, 15) is 0 Å². The Hall–Kier alpha value is -0.760. The first-order chi connectivity index (χ1) is 6.17. The highest BCUT2D eigenvalue weighted by Gasteiger charge is 2.29. The minimum absolute atomic E-state index is 0.0488. The smallest absolute Gasteiger partial charge is 0.0646 e. The molecule has 2 heterocycles. The van der Waals surface area contributed by atoms with Gasteiger partial charge in [-0.1, -0.05) is 0 Å². The molecule has 2 nitrogen and oxygen atoms in total. The van der Waals surface area contributed by atoms with Crippen LogP contribution < -0.4 is 0 Å². The predicted molar refractivity (Wildman–Crippen MR) is 52.7 cm³/mol. The Morgan fingerprint density at radius 2 is 2.00 bits per heavy atom. The van der Waals surface area contributed by atoms with E-state index in [2.05, 4.69) is 42.9 Å². The van der Waals surface area contributed by atoms with E-state index in [-0.39, 0.29) is 5.60 Å². The van der Waals surface area contributed by atoms with E-state index in [0.29, 0.717) is 6.04 Å². The zero-order valence-electron chi connectivity index (χ0n) is 8.36. The molecule has 0 saturated carbocycles. The van der Waals surface area contributed by atoms with Crippen molar-refractivity contribution in [1.82, 2.24) is 4.57 Å². The van der Waals surface area contributed by atoms with Crippen molar-refractivity contribution < 1.29 is 4.74 Å². The fraction of sp³-hybridized carbons (Fsp3) is 0.636. The van der Waals surface area contributed by atoms with E-state index in [1.165, 1.54) is 0 Å². The molecule has 0 aromatic carbocycles. The molecule has 72 valence electrons. The Balaban J connectivity index is 2.09. The molecule has 1 aliphatic rings. The zero-order chi connectivity index (χ0) is 9.31. The van der Waals surface area contributed by atoms with Gasteiger partial charge in [0.05, 0.1) is 5.60 Å². The molecule has 2 rings (SSSR count). The molecule has 0 bridgehead atoms. The van der Waals surface area contributed by atoms with E-state index in [1.54, 1.807) is 0 Å². The van der Waals surface area contributed by atoms with Crippen LogP contribution in [0.5, 0.6) is 0 Å². The molecule has 0 aliphatic carbocycles. The van der Waals surface area contributed by atoms with Crippen LogP contribution in [-0.2, 0) is 4.74 Å². The fourth-order valence-electron chi connectivity index (χ4n) is 2.05. The van der Waals surface area contributed by atoms with Crippen LogP contribution in [0, 0.1) is 0 Å². The second-order valence-electron chi connectivity index (χ2n) is 4.39. The van der Waals surface area contributed by atoms with Gasteiger partial charge in [-0.05, 0) is 38.8 Å². The van der Waals surface area contributed by atoms with Gasteiger partial charge in [0.1, 0.15) is 0 Å². The lowest BCUT2D eigenvalue weighted by atomic mass is 9.94. The Morgan fingerprint density at radius 3 is 2.62 bits per heavy atom. The summed E-state index contributed by atoms with van der Waals surface area (Å²) in [6.45, 7) is 5.22. The van der Waals surface area contributed by atoms with Crippen molar-refractivity contribution >= 4 is 0 Å². The monoisotopic (exact) mass is 179 g/mol. The van der Waals surface area contributed by atoms with E-state index in [4.69, 9.17) is 4.74 Å². The summed E-state index contributed by atoms with van der Waals surface area (Å²) in [6.07, 6.45) is 6.54. The first-order valence-electron chi connectivity index (χ1n) is 4.94. The number of hydrogen-bond donors (Lipinski definition) is 0. The molecule has 0 spiro atoms. The van der Waals surface area contributed by atoms with Crippen LogP contribution in [0.2, 0.25) is 0 Å². The van der Waals surface area contributed by atoms with Gasteiger partial charge >= 0.3 is 0 Å². The van der Waals surface area contributed by atoms with Crippen LogP contribution in [0.15, 0.2) is 24.5 Å². The van der Waals surface area contributed by atoms with Gasteiger partial charge in [-0.25, -0.2) is 0 Å². The molecule has 0 radical (unpaired) electrons. The van der Waals surface area contributed by atoms with Gasteiger partial charge in [-0.2, -0.15) is 0 Å². The maximum Gasteiger partial charge on any atom is 0.0646 e. The molecule has 1 aromatic rings. The lowest BCUT2D eigenvalue weighted by molar-refractivity contribution is -0.0690. The Bertz CT molecular complexity index is 264. The van der Waals surface area contributed by atoms with E-state index in [1.807, 2.05) is 0 Å². The fourth-order valence-corrected chi connectivity index (χ4v) is 2.05. The van der Waals surface area contributed by atoms with E-state index in [0.717, 1.165) is 19.4 Å². The molecular weight excluding hydrogens is 162 g/mol. The SMILES string of the molecule is CC1(C)CC(n2cccc2)CCO1. The highest BCUT2D eigenvalue weighted by molar-refractivity contribution is 4.95. The average Bonchev–Trinajstić information content (AvgIpc) is 2.53. The molecule has 1 atom stereocenters. The first-order valence-corrected chi connectivity index (χ1v) is 4.94. The summed E-state index contributed by atoms with van der Waals surface area (Å²) in [5.41, 5.74) is 0.0488. The van der Waals surface area contributed by atoms with Crippen LogP contribution in [0.3, 0.4) is 0 Å². The quantitative estimate of drug-likeness (QED) is 0.646. The van der Waals surface area contributed by atoms with Gasteiger partial charge in [0.25, 0.3) is 0 Å². The van der Waals surface area contributed by atoms with Gasteiger partial charge in [0, 0.05) is 25.0 Å². The lowest BCUT2D eigenvalue weighted by Gasteiger charge is -2.36. The summed E-state index contributed by atoms with van der Waals surface area (Å²) in [7, 11) is 0. The maximum absolute atomic E-state index is 5.68. The van der Waals surface area contributed by atoms with E-state index >= 15 is 0 Å². The third kappa shape index (κ3) is 1.94. The molecule has 1 aliphatic heterocycles. The van der Waals surface area contributed by atoms with Gasteiger partial charge in [0.2, 0.25) is 0 Å². The van der Waals surface area contributed by atoms with Crippen molar-refractivity contribution in [2.45, 2.75) is 38.3 Å². The average molecular weight is 179 g/mol. The van der Waals surface area contributed by atoms with Crippen LogP contribution in [-0.4, -0.2) is 16.8 Å². The number of aromatic nitrogens is 1. The van der Waals surface area contributed by atoms with Crippen molar-refractivity contribution in [3.8, 4) is 0 Å². The minimum Gasteiger partial charge on any atom is -0.375 e. The summed E-state index contributed by atoms with van der Waals surface area (Å²) < 4.78 is 7.98. The highest BCUT2D eigenvalue weighted by atomic mass is 16.5. The maximum atomic E-state index is 5.68. The number of rotatable bonds is 1. The molecule has 1 saturated heterocycles. The van der Waals surface area contributed by atoms with Gasteiger partial charge in [-0.3, -0.25) is 0 Å². The van der Waals surface area contributed by atoms with Gasteiger partial charge < -0.3 is 9.30 Å². The van der Waals surface area contributed by atoms with Gasteiger partial charge in [-0.15, -0.1) is 0 Å². The molecule has 13 heavy (non-hydrogen) atoms. The van der Waals surface area contributed by atoms with Crippen molar-refractivity contribution in [2.75, 3.05) is 6.61 Å². The van der Waals surface area contributed by atoms with Crippen LogP contribution in [0.1, 0.15) is 32.7 Å². The predicted octanol–water partition coefficient (Wildman–Crippen LogP) is 2.62. The molecule has 0 N–H and O–H groups in total. The summed E-state index contributed by atoms with van der Waals surface area (Å²) in [5, 5.41) is 0. The topological polar surface area (TPSA) is 14.2 Å². The lowest BCUT2D eigenvalue weighted by Crippen LogP contribution is -2.34. The summed E-state index contributed by atoms with van der Waals surface area (Å²) in [5.74, 6) is 0. The third-order valence-corrected chi connectivity index (χ3v) is 2.72. The third-order valence-electron chi connectivity index (χ3n) is 2.72. The van der Waals surface area contributed by atoms with Crippen molar-refractivity contribution in [3.63, 3.8) is 0 Å².